The standard InChI is InChI=1S/C24H17N5O2/c30-24(25-20-13-12-17-7-4-5-10-19(17)15-20)22(16-21-11-6-14-31-21)29-23(26-27-28-29)18-8-2-1-3-9-18/h1-16H,(H,25,30)/b22-16-. The average Bonchev–Trinajstić information content (AvgIpc) is 3.50. The van der Waals surface area contributed by atoms with Crippen LogP contribution in [0.25, 0.3) is 33.9 Å². The van der Waals surface area contributed by atoms with Crippen molar-refractivity contribution in [2.75, 3.05) is 5.32 Å². The minimum Gasteiger partial charge on any atom is -0.465 e. The Morgan fingerprint density at radius 1 is 0.903 bits per heavy atom. The Morgan fingerprint density at radius 3 is 2.52 bits per heavy atom. The molecule has 0 saturated heterocycles. The fourth-order valence-electron chi connectivity index (χ4n) is 3.31. The number of nitrogens with zero attached hydrogens (tertiary/aromatic N) is 4. The molecule has 0 radical (unpaired) electrons. The lowest BCUT2D eigenvalue weighted by Gasteiger charge is -2.11. The number of nitrogens with one attached hydrogen (secondary N) is 1. The van der Waals surface area contributed by atoms with Gasteiger partial charge in [-0.3, -0.25) is 4.79 Å². The highest BCUT2D eigenvalue weighted by atomic mass is 16.3. The van der Waals surface area contributed by atoms with Gasteiger partial charge in [0.05, 0.1) is 6.26 Å². The van der Waals surface area contributed by atoms with Crippen LogP contribution >= 0.6 is 0 Å². The summed E-state index contributed by atoms with van der Waals surface area (Å²) in [6.07, 6.45) is 3.15. The van der Waals surface area contributed by atoms with Crippen molar-refractivity contribution < 1.29 is 9.21 Å². The summed E-state index contributed by atoms with van der Waals surface area (Å²) in [7, 11) is 0. The average molecular weight is 407 g/mol. The van der Waals surface area contributed by atoms with Gasteiger partial charge in [0.15, 0.2) is 5.82 Å². The van der Waals surface area contributed by atoms with E-state index in [0.717, 1.165) is 16.3 Å². The minimum absolute atomic E-state index is 0.229. The quantitative estimate of drug-likeness (QED) is 0.426. The van der Waals surface area contributed by atoms with E-state index in [4.69, 9.17) is 4.42 Å². The Labute approximate surface area is 177 Å². The van der Waals surface area contributed by atoms with Gasteiger partial charge in [0, 0.05) is 17.3 Å². The SMILES string of the molecule is O=C(Nc1ccc2ccccc2c1)/C(=C/c1ccco1)n1nnnc1-c1ccccc1. The van der Waals surface area contributed by atoms with Crippen molar-refractivity contribution in [1.29, 1.82) is 0 Å². The van der Waals surface area contributed by atoms with Crippen LogP contribution in [-0.2, 0) is 4.79 Å². The summed E-state index contributed by atoms with van der Waals surface area (Å²) in [6, 6.07) is 26.7. The molecule has 7 heteroatoms. The van der Waals surface area contributed by atoms with Gasteiger partial charge in [0.25, 0.3) is 5.91 Å². The fourth-order valence-corrected chi connectivity index (χ4v) is 3.31. The van der Waals surface area contributed by atoms with Crippen LogP contribution in [0.3, 0.4) is 0 Å². The van der Waals surface area contributed by atoms with Crippen molar-refractivity contribution >= 4 is 34.1 Å². The van der Waals surface area contributed by atoms with E-state index in [0.29, 0.717) is 17.3 Å². The molecule has 2 aromatic heterocycles. The van der Waals surface area contributed by atoms with Crippen LogP contribution in [-0.4, -0.2) is 26.1 Å². The van der Waals surface area contributed by atoms with Gasteiger partial charge in [-0.05, 0) is 45.5 Å². The third-order valence-corrected chi connectivity index (χ3v) is 4.79. The molecule has 0 aliphatic carbocycles. The first-order chi connectivity index (χ1) is 15.3. The lowest BCUT2D eigenvalue weighted by Crippen LogP contribution is -2.19. The molecule has 0 unspecified atom stereocenters. The predicted octanol–water partition coefficient (Wildman–Crippen LogP) is 4.72. The summed E-state index contributed by atoms with van der Waals surface area (Å²) >= 11 is 0. The Balaban J connectivity index is 1.54. The van der Waals surface area contributed by atoms with Crippen molar-refractivity contribution in [1.82, 2.24) is 20.2 Å². The number of anilines is 1. The van der Waals surface area contributed by atoms with E-state index >= 15 is 0 Å². The van der Waals surface area contributed by atoms with Gasteiger partial charge in [-0.2, -0.15) is 4.68 Å². The van der Waals surface area contributed by atoms with Crippen LogP contribution in [0.5, 0.6) is 0 Å². The normalized spacial score (nSPS) is 11.5. The topological polar surface area (TPSA) is 85.8 Å². The van der Waals surface area contributed by atoms with Gasteiger partial charge in [-0.25, -0.2) is 0 Å². The number of fused-ring (bicyclic) bond motifs is 1. The zero-order chi connectivity index (χ0) is 21.0. The molecular weight excluding hydrogens is 390 g/mol. The molecule has 0 spiro atoms. The molecule has 0 saturated carbocycles. The molecule has 7 nitrogen and oxygen atoms in total. The highest BCUT2D eigenvalue weighted by Crippen LogP contribution is 2.23. The molecule has 3 aromatic carbocycles. The maximum atomic E-state index is 13.3. The Kier molecular flexibility index (Phi) is 4.82. The number of benzene rings is 3. The second-order valence-corrected chi connectivity index (χ2v) is 6.84. The zero-order valence-corrected chi connectivity index (χ0v) is 16.3. The van der Waals surface area contributed by atoms with E-state index in [1.165, 1.54) is 4.68 Å². The van der Waals surface area contributed by atoms with Crippen LogP contribution in [0, 0.1) is 0 Å². The first-order valence-electron chi connectivity index (χ1n) is 9.67. The number of amides is 1. The fraction of sp³-hybridized carbons (Fsp3) is 0. The van der Waals surface area contributed by atoms with Crippen LogP contribution < -0.4 is 5.32 Å². The van der Waals surface area contributed by atoms with E-state index in [1.54, 1.807) is 24.5 Å². The number of hydrogen-bond donors (Lipinski definition) is 1. The summed E-state index contributed by atoms with van der Waals surface area (Å²) in [5.74, 6) is 0.599. The van der Waals surface area contributed by atoms with E-state index in [2.05, 4.69) is 20.8 Å². The lowest BCUT2D eigenvalue weighted by molar-refractivity contribution is -0.111. The summed E-state index contributed by atoms with van der Waals surface area (Å²) in [5, 5.41) is 17.1. The van der Waals surface area contributed by atoms with E-state index < -0.39 is 0 Å². The molecule has 5 aromatic rings. The van der Waals surface area contributed by atoms with Crippen molar-refractivity contribution in [3.8, 4) is 11.4 Å². The van der Waals surface area contributed by atoms with Crippen LogP contribution in [0.15, 0.2) is 95.6 Å². The molecule has 2 heterocycles. The molecular formula is C24H17N5O2. The first-order valence-corrected chi connectivity index (χ1v) is 9.67. The molecule has 0 atom stereocenters. The van der Waals surface area contributed by atoms with Crippen molar-refractivity contribution in [3.63, 3.8) is 0 Å². The molecule has 1 amide bonds. The Bertz CT molecular complexity index is 1370. The van der Waals surface area contributed by atoms with Gasteiger partial charge < -0.3 is 9.73 Å². The molecule has 0 bridgehead atoms. The minimum atomic E-state index is -0.365. The smallest absolute Gasteiger partial charge is 0.274 e. The number of carbonyl (C=O) groups is 1. The van der Waals surface area contributed by atoms with Gasteiger partial charge in [-0.1, -0.05) is 60.7 Å². The van der Waals surface area contributed by atoms with E-state index in [9.17, 15) is 4.79 Å². The van der Waals surface area contributed by atoms with Crippen LogP contribution in [0.1, 0.15) is 5.76 Å². The summed E-state index contributed by atoms with van der Waals surface area (Å²) in [6.45, 7) is 0. The monoisotopic (exact) mass is 407 g/mol. The maximum Gasteiger partial charge on any atom is 0.274 e. The number of rotatable bonds is 5. The summed E-state index contributed by atoms with van der Waals surface area (Å²) in [5.41, 5.74) is 1.69. The Morgan fingerprint density at radius 2 is 1.71 bits per heavy atom. The van der Waals surface area contributed by atoms with Crippen LogP contribution in [0.2, 0.25) is 0 Å². The number of hydrogen-bond acceptors (Lipinski definition) is 5. The largest absolute Gasteiger partial charge is 0.465 e. The van der Waals surface area contributed by atoms with Gasteiger partial charge in [-0.15, -0.1) is 5.10 Å². The van der Waals surface area contributed by atoms with Crippen molar-refractivity contribution in [2.24, 2.45) is 0 Å². The summed E-state index contributed by atoms with van der Waals surface area (Å²) in [4.78, 5) is 13.3. The molecule has 5 rings (SSSR count). The number of tetrazole rings is 1. The Hall–Kier alpha value is -4.52. The maximum absolute atomic E-state index is 13.3. The number of carbonyl (C=O) groups excluding carboxylic acids is 1. The third kappa shape index (κ3) is 3.84. The second kappa shape index (κ2) is 8.08. The summed E-state index contributed by atoms with van der Waals surface area (Å²) < 4.78 is 6.84. The van der Waals surface area contributed by atoms with Gasteiger partial charge in [0.2, 0.25) is 0 Å². The van der Waals surface area contributed by atoms with Gasteiger partial charge in [0.1, 0.15) is 11.5 Å². The van der Waals surface area contributed by atoms with Crippen molar-refractivity contribution in [3.05, 3.63) is 97.0 Å². The van der Waals surface area contributed by atoms with E-state index in [-0.39, 0.29) is 11.6 Å². The highest BCUT2D eigenvalue weighted by Gasteiger charge is 2.20. The number of aromatic nitrogens is 4. The number of furan rings is 1. The van der Waals surface area contributed by atoms with Crippen LogP contribution in [0.4, 0.5) is 5.69 Å². The second-order valence-electron chi connectivity index (χ2n) is 6.84. The van der Waals surface area contributed by atoms with Crippen molar-refractivity contribution in [2.45, 2.75) is 0 Å². The molecule has 1 N–H and O–H groups in total. The van der Waals surface area contributed by atoms with Gasteiger partial charge >= 0.3 is 0 Å². The molecule has 0 aliphatic rings. The molecule has 31 heavy (non-hydrogen) atoms. The van der Waals surface area contributed by atoms with E-state index in [1.807, 2.05) is 72.8 Å². The third-order valence-electron chi connectivity index (χ3n) is 4.79. The molecule has 0 aliphatic heterocycles. The lowest BCUT2D eigenvalue weighted by atomic mass is 10.1. The molecule has 150 valence electrons. The highest BCUT2D eigenvalue weighted by molar-refractivity contribution is 6.24. The predicted molar refractivity (Wildman–Crippen MR) is 119 cm³/mol. The zero-order valence-electron chi connectivity index (χ0n) is 16.3. The molecule has 0 fully saturated rings. The first kappa shape index (κ1) is 18.5.